The van der Waals surface area contributed by atoms with E-state index in [-0.39, 0.29) is 25.9 Å². The molecular weight excluding hydrogens is 1020 g/mol. The monoisotopic (exact) mass is 1130 g/mol. The van der Waals surface area contributed by atoms with Crippen molar-refractivity contribution in [2.24, 2.45) is 0 Å². The number of carbonyl (C=O) groups is 4. The number of ether oxygens (including phenoxy) is 5. The topological polar surface area (TPSA) is 175 Å². The highest BCUT2D eigenvalue weighted by Gasteiger charge is 2.50. The van der Waals surface area contributed by atoms with Crippen LogP contribution >= 0.6 is 0 Å². The number of carboxylic acid groups (broad SMARTS) is 1. The Kier molecular flexibility index (Phi) is 51.3. The molecule has 1 heterocycles. The van der Waals surface area contributed by atoms with E-state index in [4.69, 9.17) is 23.7 Å². The molecule has 1 aliphatic rings. The summed E-state index contributed by atoms with van der Waals surface area (Å²) in [5, 5.41) is 31.6. The summed E-state index contributed by atoms with van der Waals surface area (Å²) >= 11 is 0. The van der Waals surface area contributed by atoms with Gasteiger partial charge in [0.25, 0.3) is 0 Å². The van der Waals surface area contributed by atoms with Gasteiger partial charge < -0.3 is 39.0 Å². The SMILES string of the molecule is CC/C=C\C/C=C\C/C=C\C/C=C\C/C=C\CCCC(=O)OC(COC(=O)CCCCCCCC/C=C\C/C=C\C/C=C\CCCCC)COC1OC(C(=O)O)C(O)C(O)C1OC(=O)CCCCCCC/C=C\CCCCCCCC. The second-order valence-electron chi connectivity index (χ2n) is 21.3. The van der Waals surface area contributed by atoms with Gasteiger partial charge >= 0.3 is 23.9 Å². The van der Waals surface area contributed by atoms with E-state index in [9.17, 15) is 34.5 Å². The minimum atomic E-state index is -1.92. The normalized spacial score (nSPS) is 18.5. The minimum absolute atomic E-state index is 0.0379. The molecule has 1 fully saturated rings. The Balaban J connectivity index is 2.73. The predicted octanol–water partition coefficient (Wildman–Crippen LogP) is 17.0. The molecule has 1 rings (SSSR count). The van der Waals surface area contributed by atoms with Crippen molar-refractivity contribution in [3.8, 4) is 0 Å². The number of unbranched alkanes of at least 4 members (excludes halogenated alkanes) is 21. The predicted molar refractivity (Wildman–Crippen MR) is 330 cm³/mol. The highest BCUT2D eigenvalue weighted by molar-refractivity contribution is 5.74. The maximum absolute atomic E-state index is 13.2. The molecule has 0 aromatic carbocycles. The van der Waals surface area contributed by atoms with E-state index in [1.165, 1.54) is 64.2 Å². The van der Waals surface area contributed by atoms with Gasteiger partial charge in [-0.15, -0.1) is 0 Å². The Morgan fingerprint density at radius 1 is 0.420 bits per heavy atom. The number of hydrogen-bond acceptors (Lipinski definition) is 11. The van der Waals surface area contributed by atoms with Crippen LogP contribution in [0.4, 0.5) is 0 Å². The number of aliphatic hydroxyl groups is 2. The largest absolute Gasteiger partial charge is 0.479 e. The summed E-state index contributed by atoms with van der Waals surface area (Å²) in [6.45, 7) is 5.79. The van der Waals surface area contributed by atoms with Crippen molar-refractivity contribution < 1.29 is 58.2 Å². The van der Waals surface area contributed by atoms with Crippen LogP contribution in [0.5, 0.6) is 0 Å². The van der Waals surface area contributed by atoms with E-state index in [2.05, 4.69) is 118 Å². The lowest BCUT2D eigenvalue weighted by Gasteiger charge is -2.40. The van der Waals surface area contributed by atoms with E-state index in [0.29, 0.717) is 25.7 Å². The van der Waals surface area contributed by atoms with Crippen LogP contribution in [0.2, 0.25) is 0 Å². The molecule has 0 saturated carbocycles. The molecule has 6 unspecified atom stereocenters. The van der Waals surface area contributed by atoms with Gasteiger partial charge in [-0.3, -0.25) is 14.4 Å². The van der Waals surface area contributed by atoms with Crippen molar-refractivity contribution in [1.29, 1.82) is 0 Å². The maximum atomic E-state index is 13.2. The van der Waals surface area contributed by atoms with E-state index >= 15 is 0 Å². The molecule has 0 aliphatic carbocycles. The zero-order chi connectivity index (χ0) is 58.9. The Morgan fingerprint density at radius 2 is 0.790 bits per heavy atom. The average molecular weight is 1130 g/mol. The fourth-order valence-electron chi connectivity index (χ4n) is 8.93. The summed E-state index contributed by atoms with van der Waals surface area (Å²) in [6, 6.07) is 0. The molecule has 0 spiro atoms. The smallest absolute Gasteiger partial charge is 0.335 e. The van der Waals surface area contributed by atoms with Gasteiger partial charge in [-0.1, -0.05) is 220 Å². The van der Waals surface area contributed by atoms with Crippen LogP contribution < -0.4 is 0 Å². The highest BCUT2D eigenvalue weighted by atomic mass is 16.7. The van der Waals surface area contributed by atoms with Crippen LogP contribution in [0.3, 0.4) is 0 Å². The Hall–Kier alpha value is -4.62. The summed E-state index contributed by atoms with van der Waals surface area (Å²) in [5.41, 5.74) is 0. The Bertz CT molecular complexity index is 1820. The standard InChI is InChI=1S/C69H112O12/c1-4-7-10-13-16-19-22-25-28-30-31-33-35-37-40-43-46-49-52-55-61(70)77-58-60(79-62(71)56-53-50-47-44-41-39-36-32-29-26-23-20-17-14-11-8-5-2)59-78-69-67(65(74)64(73)66(81-69)68(75)76)80-63(72)57-54-51-48-45-42-38-34-27-24-21-18-15-12-9-6-3/h8,11,16-17,19-20,25-29,31,33-34,36,39,44,47,60,64-67,69,73-74H,4-7,9-10,12-15,18,21-24,30,32,35,37-38,40-43,45-46,48-59H2,1-3H3,(H,75,76)/b11-8-,19-16-,20-17-,28-25-,29-26-,33-31-,34-27-,39-36-,47-44-. The van der Waals surface area contributed by atoms with Gasteiger partial charge in [-0.05, 0) is 122 Å². The molecule has 0 amide bonds. The van der Waals surface area contributed by atoms with E-state index < -0.39 is 67.3 Å². The van der Waals surface area contributed by atoms with Crippen LogP contribution in [0, 0.1) is 0 Å². The van der Waals surface area contributed by atoms with Gasteiger partial charge in [-0.25, -0.2) is 4.79 Å². The number of rotatable bonds is 53. The Morgan fingerprint density at radius 3 is 1.26 bits per heavy atom. The minimum Gasteiger partial charge on any atom is -0.479 e. The van der Waals surface area contributed by atoms with Crippen molar-refractivity contribution in [3.05, 3.63) is 109 Å². The van der Waals surface area contributed by atoms with Gasteiger partial charge in [0.2, 0.25) is 0 Å². The quantitative estimate of drug-likeness (QED) is 0.0228. The van der Waals surface area contributed by atoms with Crippen molar-refractivity contribution in [1.82, 2.24) is 0 Å². The van der Waals surface area contributed by atoms with Gasteiger partial charge in [0, 0.05) is 19.3 Å². The first kappa shape index (κ1) is 74.4. The molecule has 460 valence electrons. The van der Waals surface area contributed by atoms with Crippen LogP contribution in [-0.2, 0) is 42.9 Å². The lowest BCUT2D eigenvalue weighted by Crippen LogP contribution is -2.61. The molecule has 81 heavy (non-hydrogen) atoms. The number of carboxylic acids is 1. The number of hydrogen-bond donors (Lipinski definition) is 3. The number of aliphatic carboxylic acids is 1. The van der Waals surface area contributed by atoms with Crippen molar-refractivity contribution in [2.75, 3.05) is 13.2 Å². The van der Waals surface area contributed by atoms with E-state index in [1.54, 1.807) is 0 Å². The third-order valence-electron chi connectivity index (χ3n) is 13.8. The number of allylic oxidation sites excluding steroid dienone is 18. The number of aliphatic hydroxyl groups excluding tert-OH is 2. The fourth-order valence-corrected chi connectivity index (χ4v) is 8.93. The first-order chi connectivity index (χ1) is 39.6. The third-order valence-corrected chi connectivity index (χ3v) is 13.8. The molecule has 1 saturated heterocycles. The van der Waals surface area contributed by atoms with Crippen LogP contribution in [-0.4, -0.2) is 89.2 Å². The molecule has 12 heteroatoms. The van der Waals surface area contributed by atoms with E-state index in [0.717, 1.165) is 122 Å². The maximum Gasteiger partial charge on any atom is 0.335 e. The van der Waals surface area contributed by atoms with Crippen LogP contribution in [0.25, 0.3) is 0 Å². The second kappa shape index (κ2) is 55.9. The molecular formula is C69H112O12. The molecule has 0 bridgehead atoms. The molecule has 1 aliphatic heterocycles. The first-order valence-electron chi connectivity index (χ1n) is 31.9. The summed E-state index contributed by atoms with van der Waals surface area (Å²) in [4.78, 5) is 51.3. The molecule has 12 nitrogen and oxygen atoms in total. The van der Waals surface area contributed by atoms with Crippen LogP contribution in [0.1, 0.15) is 252 Å². The van der Waals surface area contributed by atoms with Gasteiger partial charge in [0.05, 0.1) is 6.61 Å². The summed E-state index contributed by atoms with van der Waals surface area (Å²) in [7, 11) is 0. The summed E-state index contributed by atoms with van der Waals surface area (Å²) in [6.07, 6.45) is 63.4. The number of carbonyl (C=O) groups excluding carboxylic acids is 3. The number of esters is 3. The molecule has 3 N–H and O–H groups in total. The van der Waals surface area contributed by atoms with Crippen molar-refractivity contribution >= 4 is 23.9 Å². The lowest BCUT2D eigenvalue weighted by molar-refractivity contribution is -0.301. The zero-order valence-corrected chi connectivity index (χ0v) is 50.7. The Labute approximate surface area is 491 Å². The molecule has 0 aromatic heterocycles. The summed E-state index contributed by atoms with van der Waals surface area (Å²) < 4.78 is 28.4. The molecule has 0 radical (unpaired) electrons. The van der Waals surface area contributed by atoms with Crippen LogP contribution in [0.15, 0.2) is 109 Å². The van der Waals surface area contributed by atoms with Gasteiger partial charge in [-0.2, -0.15) is 0 Å². The van der Waals surface area contributed by atoms with Crippen molar-refractivity contribution in [3.63, 3.8) is 0 Å². The highest BCUT2D eigenvalue weighted by Crippen LogP contribution is 2.26. The molecule has 0 aromatic rings. The average Bonchev–Trinajstić information content (AvgIpc) is 3.52. The lowest BCUT2D eigenvalue weighted by atomic mass is 9.98. The van der Waals surface area contributed by atoms with Gasteiger partial charge in [0.15, 0.2) is 24.6 Å². The molecule has 6 atom stereocenters. The third kappa shape index (κ3) is 45.6. The summed E-state index contributed by atoms with van der Waals surface area (Å²) in [5.74, 6) is -3.23. The van der Waals surface area contributed by atoms with E-state index in [1.807, 2.05) is 12.2 Å². The zero-order valence-electron chi connectivity index (χ0n) is 50.7. The first-order valence-corrected chi connectivity index (χ1v) is 31.9. The fraction of sp³-hybridized carbons (Fsp3) is 0.681. The van der Waals surface area contributed by atoms with Gasteiger partial charge in [0.1, 0.15) is 18.8 Å². The van der Waals surface area contributed by atoms with Crippen molar-refractivity contribution in [2.45, 2.75) is 289 Å². The second-order valence-corrected chi connectivity index (χ2v) is 21.3.